The van der Waals surface area contributed by atoms with E-state index < -0.39 is 5.97 Å². The third-order valence-corrected chi connectivity index (χ3v) is 1.57. The highest BCUT2D eigenvalue weighted by Crippen LogP contribution is 2.03. The van der Waals surface area contributed by atoms with E-state index in [2.05, 4.69) is 5.32 Å². The summed E-state index contributed by atoms with van der Waals surface area (Å²) in [6.07, 6.45) is 2.53. The number of nitrogens with zero attached hydrogens (tertiary/aromatic N) is 1. The van der Waals surface area contributed by atoms with Gasteiger partial charge in [-0.05, 0) is 19.4 Å². The van der Waals surface area contributed by atoms with E-state index in [-0.39, 0.29) is 6.04 Å². The number of hydrogen-bond donors (Lipinski definition) is 2. The fourth-order valence-corrected chi connectivity index (χ4v) is 0.895. The summed E-state index contributed by atoms with van der Waals surface area (Å²) in [5.41, 5.74) is 0. The topological polar surface area (TPSA) is 69.6 Å². The van der Waals surface area contributed by atoms with Crippen LogP contribution in [0.15, 0.2) is 0 Å². The third kappa shape index (κ3) is 6.10. The lowest BCUT2D eigenvalue weighted by Gasteiger charge is -1.99. The SMILES string of the molecule is CN(C)C=O.O=C(O)[C@@H]1CCCN1. The fraction of sp³-hybridized carbons (Fsp3) is 0.750. The van der Waals surface area contributed by atoms with Crippen LogP contribution in [0, 0.1) is 0 Å². The summed E-state index contributed by atoms with van der Waals surface area (Å²) >= 11 is 0. The second-order valence-corrected chi connectivity index (χ2v) is 3.06. The van der Waals surface area contributed by atoms with Crippen molar-refractivity contribution in [3.05, 3.63) is 0 Å². The summed E-state index contributed by atoms with van der Waals surface area (Å²) in [5.74, 6) is -0.720. The molecule has 2 N–H and O–H groups in total. The second-order valence-electron chi connectivity index (χ2n) is 3.06. The average Bonchev–Trinajstić information content (AvgIpc) is 2.57. The highest BCUT2D eigenvalue weighted by molar-refractivity contribution is 5.73. The van der Waals surface area contributed by atoms with Crippen molar-refractivity contribution in [1.29, 1.82) is 0 Å². The van der Waals surface area contributed by atoms with Crippen molar-refractivity contribution in [2.45, 2.75) is 18.9 Å². The molecular weight excluding hydrogens is 172 g/mol. The zero-order chi connectivity index (χ0) is 10.3. The Bertz CT molecular complexity index is 165. The Morgan fingerprint density at radius 3 is 2.31 bits per heavy atom. The van der Waals surface area contributed by atoms with Crippen molar-refractivity contribution < 1.29 is 14.7 Å². The standard InChI is InChI=1S/C5H9NO2.C3H7NO/c7-5(8)4-2-1-3-6-4;1-4(2)3-5/h4,6H,1-3H2,(H,7,8);3H,1-2H3/t4-;/m0./s1. The monoisotopic (exact) mass is 188 g/mol. The first-order valence-corrected chi connectivity index (χ1v) is 4.16. The predicted octanol–water partition coefficient (Wildman–Crippen LogP) is -0.473. The first-order valence-electron chi connectivity index (χ1n) is 4.16. The zero-order valence-electron chi connectivity index (χ0n) is 7.99. The van der Waals surface area contributed by atoms with Crippen LogP contribution >= 0.6 is 0 Å². The van der Waals surface area contributed by atoms with Crippen LogP contribution in [0.5, 0.6) is 0 Å². The van der Waals surface area contributed by atoms with E-state index in [4.69, 9.17) is 5.11 Å². The summed E-state index contributed by atoms with van der Waals surface area (Å²) < 4.78 is 0. The maximum absolute atomic E-state index is 10.1. The number of amides is 1. The molecule has 0 radical (unpaired) electrons. The quantitative estimate of drug-likeness (QED) is 0.575. The van der Waals surface area contributed by atoms with Crippen molar-refractivity contribution in [1.82, 2.24) is 10.2 Å². The molecule has 76 valence electrons. The molecule has 1 saturated heterocycles. The lowest BCUT2D eigenvalue weighted by atomic mass is 10.2. The van der Waals surface area contributed by atoms with Gasteiger partial charge in [0.25, 0.3) is 0 Å². The van der Waals surface area contributed by atoms with E-state index in [9.17, 15) is 9.59 Å². The molecule has 1 heterocycles. The Balaban J connectivity index is 0.000000252. The van der Waals surface area contributed by atoms with Crippen LogP contribution in [0.4, 0.5) is 0 Å². The lowest BCUT2D eigenvalue weighted by Crippen LogP contribution is -2.29. The fourth-order valence-electron chi connectivity index (χ4n) is 0.895. The van der Waals surface area contributed by atoms with Gasteiger partial charge in [0.15, 0.2) is 0 Å². The van der Waals surface area contributed by atoms with E-state index in [1.165, 1.54) is 4.90 Å². The Kier molecular flexibility index (Phi) is 5.88. The summed E-state index contributed by atoms with van der Waals surface area (Å²) in [7, 11) is 3.38. The number of carbonyl (C=O) groups excluding carboxylic acids is 1. The molecule has 1 aliphatic rings. The van der Waals surface area contributed by atoms with Crippen molar-refractivity contribution in [2.24, 2.45) is 0 Å². The molecule has 1 fully saturated rings. The minimum atomic E-state index is -0.720. The van der Waals surface area contributed by atoms with Gasteiger partial charge in [-0.1, -0.05) is 0 Å². The Morgan fingerprint density at radius 1 is 1.62 bits per heavy atom. The van der Waals surface area contributed by atoms with E-state index in [1.807, 2.05) is 0 Å². The normalized spacial score (nSPS) is 20.0. The average molecular weight is 188 g/mol. The minimum absolute atomic E-state index is 0.269. The molecular formula is C8H16N2O3. The summed E-state index contributed by atoms with van der Waals surface area (Å²) in [6, 6.07) is -0.269. The molecule has 5 nitrogen and oxygen atoms in total. The zero-order valence-corrected chi connectivity index (χ0v) is 7.99. The van der Waals surface area contributed by atoms with Gasteiger partial charge < -0.3 is 15.3 Å². The van der Waals surface area contributed by atoms with Crippen molar-refractivity contribution >= 4 is 12.4 Å². The Hall–Kier alpha value is -1.10. The van der Waals surface area contributed by atoms with Gasteiger partial charge in [0, 0.05) is 14.1 Å². The maximum atomic E-state index is 10.1. The highest BCUT2D eigenvalue weighted by atomic mass is 16.4. The van der Waals surface area contributed by atoms with E-state index in [0.717, 1.165) is 25.8 Å². The largest absolute Gasteiger partial charge is 0.480 e. The smallest absolute Gasteiger partial charge is 0.320 e. The third-order valence-electron chi connectivity index (χ3n) is 1.57. The molecule has 0 unspecified atom stereocenters. The van der Waals surface area contributed by atoms with Gasteiger partial charge in [-0.2, -0.15) is 0 Å². The van der Waals surface area contributed by atoms with Gasteiger partial charge in [0.2, 0.25) is 6.41 Å². The van der Waals surface area contributed by atoms with Crippen LogP contribution in [0.25, 0.3) is 0 Å². The molecule has 0 saturated carbocycles. The molecule has 0 aromatic rings. The van der Waals surface area contributed by atoms with Gasteiger partial charge in [0.05, 0.1) is 0 Å². The first-order chi connectivity index (χ1) is 6.07. The molecule has 0 bridgehead atoms. The number of carboxylic acid groups (broad SMARTS) is 1. The van der Waals surface area contributed by atoms with Crippen LogP contribution in [-0.4, -0.2) is 49.1 Å². The van der Waals surface area contributed by atoms with Gasteiger partial charge >= 0.3 is 5.97 Å². The van der Waals surface area contributed by atoms with Gasteiger partial charge in [-0.25, -0.2) is 0 Å². The van der Waals surface area contributed by atoms with Crippen LogP contribution in [0.1, 0.15) is 12.8 Å². The number of carbonyl (C=O) groups is 2. The molecule has 0 aromatic heterocycles. The minimum Gasteiger partial charge on any atom is -0.480 e. The summed E-state index contributed by atoms with van der Waals surface area (Å²) in [4.78, 5) is 21.0. The molecule has 13 heavy (non-hydrogen) atoms. The predicted molar refractivity (Wildman–Crippen MR) is 48.4 cm³/mol. The number of aliphatic carboxylic acids is 1. The van der Waals surface area contributed by atoms with Gasteiger partial charge in [-0.15, -0.1) is 0 Å². The van der Waals surface area contributed by atoms with Crippen LogP contribution in [0.2, 0.25) is 0 Å². The molecule has 1 amide bonds. The molecule has 5 heteroatoms. The Morgan fingerprint density at radius 2 is 2.15 bits per heavy atom. The highest BCUT2D eigenvalue weighted by Gasteiger charge is 2.20. The number of rotatable bonds is 2. The summed E-state index contributed by atoms with van der Waals surface area (Å²) in [6.45, 7) is 0.858. The van der Waals surface area contributed by atoms with Crippen LogP contribution in [0.3, 0.4) is 0 Å². The maximum Gasteiger partial charge on any atom is 0.320 e. The number of hydrogen-bond acceptors (Lipinski definition) is 3. The molecule has 0 aliphatic carbocycles. The van der Waals surface area contributed by atoms with Gasteiger partial charge in [0.1, 0.15) is 6.04 Å². The molecule has 0 spiro atoms. The summed E-state index contributed by atoms with van der Waals surface area (Å²) in [5, 5.41) is 11.2. The van der Waals surface area contributed by atoms with Crippen molar-refractivity contribution in [3.63, 3.8) is 0 Å². The van der Waals surface area contributed by atoms with E-state index in [1.54, 1.807) is 14.1 Å². The Labute approximate surface area is 77.7 Å². The van der Waals surface area contributed by atoms with Crippen LogP contribution in [-0.2, 0) is 9.59 Å². The van der Waals surface area contributed by atoms with Crippen molar-refractivity contribution in [2.75, 3.05) is 20.6 Å². The van der Waals surface area contributed by atoms with Gasteiger partial charge in [-0.3, -0.25) is 9.59 Å². The van der Waals surface area contributed by atoms with E-state index >= 15 is 0 Å². The molecule has 0 aromatic carbocycles. The molecule has 1 rings (SSSR count). The lowest BCUT2D eigenvalue weighted by molar-refractivity contribution is -0.139. The van der Waals surface area contributed by atoms with Crippen LogP contribution < -0.4 is 5.32 Å². The molecule has 1 aliphatic heterocycles. The first kappa shape index (κ1) is 11.9. The second kappa shape index (κ2) is 6.42. The number of carboxylic acids is 1. The van der Waals surface area contributed by atoms with Crippen molar-refractivity contribution in [3.8, 4) is 0 Å². The molecule has 1 atom stereocenters. The number of nitrogens with one attached hydrogen (secondary N) is 1. The van der Waals surface area contributed by atoms with E-state index in [0.29, 0.717) is 0 Å².